The van der Waals surface area contributed by atoms with Gasteiger partial charge < -0.3 is 19.9 Å². The Hall–Kier alpha value is -0.900. The zero-order chi connectivity index (χ0) is 17.6. The Labute approximate surface area is 174 Å². The minimum atomic E-state index is 0. The summed E-state index contributed by atoms with van der Waals surface area (Å²) in [6.45, 7) is 6.29. The Morgan fingerprint density at radius 2 is 1.85 bits per heavy atom. The van der Waals surface area contributed by atoms with Gasteiger partial charge in [0.15, 0.2) is 5.96 Å². The summed E-state index contributed by atoms with van der Waals surface area (Å²) >= 11 is 0. The molecule has 2 rings (SSSR count). The second kappa shape index (κ2) is 15.2. The van der Waals surface area contributed by atoms with Gasteiger partial charge >= 0.3 is 0 Å². The number of guanidine groups is 1. The molecule has 1 aromatic rings. The Balaban J connectivity index is 0.00000338. The molecule has 1 aliphatic rings. The van der Waals surface area contributed by atoms with Gasteiger partial charge in [-0.15, -0.1) is 34.2 Å². The van der Waals surface area contributed by atoms with Crippen molar-refractivity contribution >= 4 is 29.9 Å². The van der Waals surface area contributed by atoms with Crippen molar-refractivity contribution in [3.05, 3.63) is 12.7 Å². The quantitative estimate of drug-likeness (QED) is 0.178. The number of nitrogens with zero attached hydrogens (tertiary/aromatic N) is 4. The lowest BCUT2D eigenvalue weighted by atomic mass is 10.1. The van der Waals surface area contributed by atoms with Gasteiger partial charge in [-0.3, -0.25) is 4.99 Å². The van der Waals surface area contributed by atoms with Gasteiger partial charge in [-0.05, 0) is 32.6 Å². The highest BCUT2D eigenvalue weighted by Crippen LogP contribution is 2.19. The van der Waals surface area contributed by atoms with Crippen molar-refractivity contribution in [3.8, 4) is 0 Å². The molecule has 0 aromatic carbocycles. The maximum atomic E-state index is 6.02. The lowest BCUT2D eigenvalue weighted by molar-refractivity contribution is 0.0468. The molecule has 1 fully saturated rings. The number of nitrogens with one attached hydrogen (secondary N) is 2. The number of ether oxygens (including phenoxy) is 1. The van der Waals surface area contributed by atoms with Crippen LogP contribution in [0.5, 0.6) is 0 Å². The van der Waals surface area contributed by atoms with Crippen LogP contribution in [0.4, 0.5) is 0 Å². The number of aryl methyl sites for hydroxylation is 1. The van der Waals surface area contributed by atoms with Gasteiger partial charge in [-0.25, -0.2) is 0 Å². The van der Waals surface area contributed by atoms with E-state index in [1.54, 1.807) is 12.7 Å². The summed E-state index contributed by atoms with van der Waals surface area (Å²) in [5.41, 5.74) is 0. The van der Waals surface area contributed by atoms with Crippen molar-refractivity contribution in [2.45, 2.75) is 70.9 Å². The van der Waals surface area contributed by atoms with Crippen LogP contribution in [0.1, 0.15) is 58.3 Å². The second-order valence-electron chi connectivity index (χ2n) is 6.58. The van der Waals surface area contributed by atoms with Gasteiger partial charge in [-0.2, -0.15) is 0 Å². The molecule has 8 heteroatoms. The Morgan fingerprint density at radius 1 is 1.12 bits per heavy atom. The van der Waals surface area contributed by atoms with Crippen LogP contribution in [0.25, 0.3) is 0 Å². The standard InChI is InChI=1S/C18H34N6O.HI/c1-2-19-18(20-11-7-8-13-24-15-22-23-16-24)21-12-14-25-17-9-5-3-4-6-10-17;/h15-17H,2-14H2,1H3,(H2,19,20,21);1H. The number of hydrogen-bond donors (Lipinski definition) is 2. The van der Waals surface area contributed by atoms with Crippen molar-refractivity contribution < 1.29 is 4.74 Å². The van der Waals surface area contributed by atoms with Crippen LogP contribution < -0.4 is 10.6 Å². The third kappa shape index (κ3) is 10.3. The first-order chi connectivity index (χ1) is 12.4. The highest BCUT2D eigenvalue weighted by Gasteiger charge is 2.12. The first-order valence-electron chi connectivity index (χ1n) is 9.84. The molecular weight excluding hydrogens is 443 g/mol. The van der Waals surface area contributed by atoms with E-state index < -0.39 is 0 Å². The normalized spacial score (nSPS) is 16.0. The lowest BCUT2D eigenvalue weighted by Crippen LogP contribution is -2.39. The fourth-order valence-corrected chi connectivity index (χ4v) is 3.08. The summed E-state index contributed by atoms with van der Waals surface area (Å²) in [6.07, 6.45) is 13.9. The maximum Gasteiger partial charge on any atom is 0.191 e. The fourth-order valence-electron chi connectivity index (χ4n) is 3.08. The molecule has 2 N–H and O–H groups in total. The maximum absolute atomic E-state index is 6.02. The number of aromatic nitrogens is 3. The molecule has 0 aliphatic heterocycles. The Morgan fingerprint density at radius 3 is 2.54 bits per heavy atom. The van der Waals surface area contributed by atoms with Gasteiger partial charge in [0.25, 0.3) is 0 Å². The van der Waals surface area contributed by atoms with E-state index in [2.05, 4.69) is 32.7 Å². The first kappa shape index (κ1) is 23.1. The number of halogens is 1. The predicted molar refractivity (Wildman–Crippen MR) is 116 cm³/mol. The largest absolute Gasteiger partial charge is 0.376 e. The van der Waals surface area contributed by atoms with E-state index in [9.17, 15) is 0 Å². The zero-order valence-corrected chi connectivity index (χ0v) is 18.4. The van der Waals surface area contributed by atoms with Crippen LogP contribution in [-0.2, 0) is 11.3 Å². The summed E-state index contributed by atoms with van der Waals surface area (Å²) in [7, 11) is 0. The third-order valence-electron chi connectivity index (χ3n) is 4.46. The van der Waals surface area contributed by atoms with Crippen LogP contribution >= 0.6 is 24.0 Å². The summed E-state index contributed by atoms with van der Waals surface area (Å²) in [6, 6.07) is 0. The summed E-state index contributed by atoms with van der Waals surface area (Å²) in [4.78, 5) is 4.63. The van der Waals surface area contributed by atoms with E-state index in [4.69, 9.17) is 4.74 Å². The van der Waals surface area contributed by atoms with Crippen LogP contribution in [-0.4, -0.2) is 53.1 Å². The summed E-state index contributed by atoms with van der Waals surface area (Å²) in [5.74, 6) is 0.885. The smallest absolute Gasteiger partial charge is 0.191 e. The van der Waals surface area contributed by atoms with Gasteiger partial charge in [0.2, 0.25) is 0 Å². The van der Waals surface area contributed by atoms with Crippen LogP contribution in [0.2, 0.25) is 0 Å². The number of rotatable bonds is 10. The number of unbranched alkanes of at least 4 members (excludes halogenated alkanes) is 1. The van der Waals surface area contributed by atoms with Gasteiger partial charge in [0, 0.05) is 26.2 Å². The van der Waals surface area contributed by atoms with Crippen LogP contribution in [0.15, 0.2) is 17.6 Å². The van der Waals surface area contributed by atoms with Crippen molar-refractivity contribution in [2.75, 3.05) is 26.2 Å². The molecule has 1 aromatic heterocycles. The minimum Gasteiger partial charge on any atom is -0.376 e. The molecule has 0 bridgehead atoms. The molecule has 26 heavy (non-hydrogen) atoms. The molecule has 0 saturated heterocycles. The van der Waals surface area contributed by atoms with E-state index in [0.29, 0.717) is 6.10 Å². The molecule has 0 amide bonds. The van der Waals surface area contributed by atoms with Crippen LogP contribution in [0.3, 0.4) is 0 Å². The molecule has 0 radical (unpaired) electrons. The fraction of sp³-hybridized carbons (Fsp3) is 0.833. The second-order valence-corrected chi connectivity index (χ2v) is 6.58. The minimum absolute atomic E-state index is 0. The highest BCUT2D eigenvalue weighted by molar-refractivity contribution is 14.0. The lowest BCUT2D eigenvalue weighted by Gasteiger charge is -2.16. The molecule has 0 unspecified atom stereocenters. The predicted octanol–water partition coefficient (Wildman–Crippen LogP) is 2.97. The average molecular weight is 478 g/mol. The highest BCUT2D eigenvalue weighted by atomic mass is 127. The summed E-state index contributed by atoms with van der Waals surface area (Å²) in [5, 5.41) is 14.3. The Bertz CT molecular complexity index is 460. The zero-order valence-electron chi connectivity index (χ0n) is 16.0. The first-order valence-corrected chi connectivity index (χ1v) is 9.84. The van der Waals surface area contributed by atoms with E-state index in [1.807, 2.05) is 4.57 Å². The van der Waals surface area contributed by atoms with Gasteiger partial charge in [-0.1, -0.05) is 25.7 Å². The monoisotopic (exact) mass is 478 g/mol. The molecule has 1 heterocycles. The van der Waals surface area contributed by atoms with Gasteiger partial charge in [0.05, 0.1) is 12.7 Å². The van der Waals surface area contributed by atoms with E-state index in [-0.39, 0.29) is 24.0 Å². The molecule has 1 aliphatic carbocycles. The molecule has 0 spiro atoms. The molecule has 150 valence electrons. The molecule has 0 atom stereocenters. The van der Waals surface area contributed by atoms with E-state index in [0.717, 1.165) is 51.6 Å². The van der Waals surface area contributed by atoms with Crippen molar-refractivity contribution in [1.82, 2.24) is 25.4 Å². The SMILES string of the molecule is CCNC(=NCCCCn1cnnc1)NCCOC1CCCCCC1.I. The molecule has 7 nitrogen and oxygen atoms in total. The molecule has 1 saturated carbocycles. The number of hydrogen-bond acceptors (Lipinski definition) is 4. The van der Waals surface area contributed by atoms with Crippen molar-refractivity contribution in [2.24, 2.45) is 4.99 Å². The third-order valence-corrected chi connectivity index (χ3v) is 4.46. The Kier molecular flexibility index (Phi) is 13.5. The molecular formula is C18H35IN6O. The van der Waals surface area contributed by atoms with Crippen LogP contribution in [0, 0.1) is 0 Å². The van der Waals surface area contributed by atoms with E-state index >= 15 is 0 Å². The van der Waals surface area contributed by atoms with E-state index in [1.165, 1.54) is 38.5 Å². The number of aliphatic imine (C=N–C) groups is 1. The topological polar surface area (TPSA) is 76.4 Å². The summed E-state index contributed by atoms with van der Waals surface area (Å²) < 4.78 is 8.01. The van der Waals surface area contributed by atoms with Gasteiger partial charge in [0.1, 0.15) is 12.7 Å². The average Bonchev–Trinajstić information content (AvgIpc) is 3.00. The van der Waals surface area contributed by atoms with Crippen molar-refractivity contribution in [3.63, 3.8) is 0 Å². The van der Waals surface area contributed by atoms with Crippen molar-refractivity contribution in [1.29, 1.82) is 0 Å².